The van der Waals surface area contributed by atoms with Gasteiger partial charge in [-0.05, 0) is 24.6 Å². The van der Waals surface area contributed by atoms with Crippen LogP contribution < -0.4 is 5.01 Å². The molecule has 2 rings (SSSR count). The van der Waals surface area contributed by atoms with Crippen molar-refractivity contribution >= 4 is 17.9 Å². The summed E-state index contributed by atoms with van der Waals surface area (Å²) in [4.78, 5) is 22.3. The molecule has 0 atom stereocenters. The highest BCUT2D eigenvalue weighted by Crippen LogP contribution is 2.23. The molecule has 0 radical (unpaired) electrons. The molecular weight excluding hydrogens is 216 g/mol. The zero-order valence-electron chi connectivity index (χ0n) is 9.93. The van der Waals surface area contributed by atoms with Crippen LogP contribution in [0.5, 0.6) is 0 Å². The van der Waals surface area contributed by atoms with Crippen LogP contribution in [0.3, 0.4) is 0 Å². The van der Waals surface area contributed by atoms with E-state index in [1.54, 1.807) is 5.01 Å². The van der Waals surface area contributed by atoms with Gasteiger partial charge in [-0.1, -0.05) is 12.1 Å². The zero-order chi connectivity index (χ0) is 12.3. The maximum atomic E-state index is 11.9. The maximum Gasteiger partial charge on any atom is 0.242 e. The van der Waals surface area contributed by atoms with Crippen LogP contribution >= 0.6 is 0 Å². The van der Waals surface area contributed by atoms with Gasteiger partial charge in [0.25, 0.3) is 0 Å². The molecule has 90 valence electrons. The smallest absolute Gasteiger partial charge is 0.242 e. The van der Waals surface area contributed by atoms with Crippen molar-refractivity contribution in [3.05, 3.63) is 29.8 Å². The molecule has 1 amide bonds. The second kappa shape index (κ2) is 5.10. The highest BCUT2D eigenvalue weighted by molar-refractivity contribution is 5.94. The first-order chi connectivity index (χ1) is 8.22. The van der Waals surface area contributed by atoms with E-state index < -0.39 is 0 Å². The number of hydrogen-bond acceptors (Lipinski definition) is 3. The predicted octanol–water partition coefficient (Wildman–Crippen LogP) is 1.54. The van der Waals surface area contributed by atoms with Crippen LogP contribution in [0, 0.1) is 6.92 Å². The minimum absolute atomic E-state index is 0.0986. The third-order valence-electron chi connectivity index (χ3n) is 2.85. The lowest BCUT2D eigenvalue weighted by Crippen LogP contribution is -2.39. The topological polar surface area (TPSA) is 40.6 Å². The lowest BCUT2D eigenvalue weighted by molar-refractivity contribution is -0.118. The standard InChI is InChI=1S/C13H16N2O2/c1-11-4-2-5-12(10-11)15-13(17)6-8-14(15)7-3-9-16/h2,4-5,9-10H,3,6-8H2,1H3. The van der Waals surface area contributed by atoms with Crippen LogP contribution in [0.4, 0.5) is 5.69 Å². The molecule has 1 heterocycles. The van der Waals surface area contributed by atoms with Gasteiger partial charge >= 0.3 is 0 Å². The number of anilines is 1. The van der Waals surface area contributed by atoms with Crippen LogP contribution in [0.15, 0.2) is 24.3 Å². The summed E-state index contributed by atoms with van der Waals surface area (Å²) in [6.45, 7) is 3.30. The molecule has 1 saturated heterocycles. The number of carbonyl (C=O) groups excluding carboxylic acids is 2. The Kier molecular flexibility index (Phi) is 3.54. The normalized spacial score (nSPS) is 16.5. The van der Waals surface area contributed by atoms with E-state index in [0.29, 0.717) is 25.9 Å². The van der Waals surface area contributed by atoms with Crippen LogP contribution in [0.2, 0.25) is 0 Å². The van der Waals surface area contributed by atoms with Crippen molar-refractivity contribution in [2.75, 3.05) is 18.1 Å². The molecule has 1 aliphatic heterocycles. The fourth-order valence-electron chi connectivity index (χ4n) is 2.07. The molecule has 4 nitrogen and oxygen atoms in total. The quantitative estimate of drug-likeness (QED) is 0.739. The molecule has 0 spiro atoms. The van der Waals surface area contributed by atoms with Crippen molar-refractivity contribution in [1.29, 1.82) is 0 Å². The minimum Gasteiger partial charge on any atom is -0.303 e. The van der Waals surface area contributed by atoms with E-state index in [1.165, 1.54) is 0 Å². The van der Waals surface area contributed by atoms with E-state index in [0.717, 1.165) is 17.5 Å². The third kappa shape index (κ3) is 2.53. The third-order valence-corrected chi connectivity index (χ3v) is 2.85. The lowest BCUT2D eigenvalue weighted by Gasteiger charge is -2.27. The number of hydrogen-bond donors (Lipinski definition) is 0. The van der Waals surface area contributed by atoms with Crippen molar-refractivity contribution in [1.82, 2.24) is 5.01 Å². The average molecular weight is 232 g/mol. The molecule has 0 bridgehead atoms. The van der Waals surface area contributed by atoms with Crippen LogP contribution in [-0.4, -0.2) is 30.3 Å². The molecule has 0 aliphatic carbocycles. The molecule has 17 heavy (non-hydrogen) atoms. The van der Waals surface area contributed by atoms with Crippen molar-refractivity contribution in [3.63, 3.8) is 0 Å². The summed E-state index contributed by atoms with van der Waals surface area (Å²) in [6.07, 6.45) is 1.86. The van der Waals surface area contributed by atoms with Gasteiger partial charge in [0.15, 0.2) is 0 Å². The molecule has 4 heteroatoms. The van der Waals surface area contributed by atoms with Crippen LogP contribution in [-0.2, 0) is 9.59 Å². The van der Waals surface area contributed by atoms with E-state index in [1.807, 2.05) is 36.2 Å². The Balaban J connectivity index is 2.21. The lowest BCUT2D eigenvalue weighted by atomic mass is 10.2. The van der Waals surface area contributed by atoms with Gasteiger partial charge in [-0.15, -0.1) is 0 Å². The number of amides is 1. The minimum atomic E-state index is 0.0986. The second-order valence-electron chi connectivity index (χ2n) is 4.20. The number of aryl methyl sites for hydroxylation is 1. The summed E-state index contributed by atoms with van der Waals surface area (Å²) >= 11 is 0. The van der Waals surface area contributed by atoms with E-state index in [-0.39, 0.29) is 5.91 Å². The number of aldehydes is 1. The molecular formula is C13H16N2O2. The van der Waals surface area contributed by atoms with Gasteiger partial charge in [0, 0.05) is 25.9 Å². The molecule has 1 fully saturated rings. The molecule has 1 aromatic carbocycles. The molecule has 0 N–H and O–H groups in total. The van der Waals surface area contributed by atoms with Gasteiger partial charge in [-0.2, -0.15) is 0 Å². The molecule has 1 aliphatic rings. The van der Waals surface area contributed by atoms with E-state index in [2.05, 4.69) is 0 Å². The van der Waals surface area contributed by atoms with Gasteiger partial charge < -0.3 is 4.79 Å². The highest BCUT2D eigenvalue weighted by atomic mass is 16.2. The van der Waals surface area contributed by atoms with Gasteiger partial charge in [0.2, 0.25) is 5.91 Å². The van der Waals surface area contributed by atoms with Crippen molar-refractivity contribution in [2.24, 2.45) is 0 Å². The summed E-state index contributed by atoms with van der Waals surface area (Å²) in [7, 11) is 0. The van der Waals surface area contributed by atoms with Crippen molar-refractivity contribution in [2.45, 2.75) is 19.8 Å². The Morgan fingerprint density at radius 1 is 1.41 bits per heavy atom. The molecule has 1 aromatic rings. The Bertz CT molecular complexity index is 431. The summed E-state index contributed by atoms with van der Waals surface area (Å²) in [5.74, 6) is 0.0986. The Morgan fingerprint density at radius 3 is 2.94 bits per heavy atom. The SMILES string of the molecule is Cc1cccc(N2C(=O)CCN2CCC=O)c1. The Hall–Kier alpha value is -1.68. The Morgan fingerprint density at radius 2 is 2.24 bits per heavy atom. The van der Waals surface area contributed by atoms with E-state index in [4.69, 9.17) is 0 Å². The summed E-state index contributed by atoms with van der Waals surface area (Å²) in [5.41, 5.74) is 2.01. The fraction of sp³-hybridized carbons (Fsp3) is 0.385. The summed E-state index contributed by atoms with van der Waals surface area (Å²) in [6, 6.07) is 7.84. The van der Waals surface area contributed by atoms with Crippen LogP contribution in [0.1, 0.15) is 18.4 Å². The van der Waals surface area contributed by atoms with Gasteiger partial charge in [-0.3, -0.25) is 4.79 Å². The largest absolute Gasteiger partial charge is 0.303 e. The molecule has 0 aromatic heterocycles. The number of rotatable bonds is 4. The summed E-state index contributed by atoms with van der Waals surface area (Å²) < 4.78 is 0. The maximum absolute atomic E-state index is 11.9. The monoisotopic (exact) mass is 232 g/mol. The van der Waals surface area contributed by atoms with E-state index >= 15 is 0 Å². The molecule has 0 unspecified atom stereocenters. The second-order valence-corrected chi connectivity index (χ2v) is 4.20. The number of benzene rings is 1. The first-order valence-electron chi connectivity index (χ1n) is 5.80. The summed E-state index contributed by atoms with van der Waals surface area (Å²) in [5, 5.41) is 3.63. The van der Waals surface area contributed by atoms with Gasteiger partial charge in [-0.25, -0.2) is 10.0 Å². The van der Waals surface area contributed by atoms with Gasteiger partial charge in [0.1, 0.15) is 6.29 Å². The number of nitrogens with zero attached hydrogens (tertiary/aromatic N) is 2. The average Bonchev–Trinajstić information content (AvgIpc) is 2.68. The Labute approximate surface area is 101 Å². The number of hydrazine groups is 1. The van der Waals surface area contributed by atoms with Crippen molar-refractivity contribution in [3.8, 4) is 0 Å². The highest BCUT2D eigenvalue weighted by Gasteiger charge is 2.29. The first kappa shape index (κ1) is 11.8. The van der Waals surface area contributed by atoms with Crippen LogP contribution in [0.25, 0.3) is 0 Å². The molecule has 0 saturated carbocycles. The predicted molar refractivity (Wildman–Crippen MR) is 65.5 cm³/mol. The zero-order valence-corrected chi connectivity index (χ0v) is 9.93. The number of carbonyl (C=O) groups is 2. The fourth-order valence-corrected chi connectivity index (χ4v) is 2.07. The van der Waals surface area contributed by atoms with Crippen molar-refractivity contribution < 1.29 is 9.59 Å². The van der Waals surface area contributed by atoms with E-state index in [9.17, 15) is 9.59 Å². The first-order valence-corrected chi connectivity index (χ1v) is 5.80. The van der Waals surface area contributed by atoms with Gasteiger partial charge in [0.05, 0.1) is 5.69 Å².